The van der Waals surface area contributed by atoms with Gasteiger partial charge in [0.1, 0.15) is 5.25 Å². The molecule has 0 rings (SSSR count). The second-order valence-electron chi connectivity index (χ2n) is 4.92. The number of unbranched alkanes of at least 4 members (excludes halogenated alkanes) is 2. The molecule has 0 aromatic heterocycles. The quantitative estimate of drug-likeness (QED) is 0.372. The van der Waals surface area contributed by atoms with Crippen molar-refractivity contribution in [2.24, 2.45) is 0 Å². The maximum absolute atomic E-state index is 13.1. The highest BCUT2D eigenvalue weighted by Crippen LogP contribution is 2.26. The molecular weight excluding hydrogens is 282 g/mol. The number of ether oxygens (including phenoxy) is 1. The van der Waals surface area contributed by atoms with E-state index in [0.29, 0.717) is 13.0 Å². The van der Waals surface area contributed by atoms with Crippen molar-refractivity contribution in [1.82, 2.24) is 0 Å². The highest BCUT2D eigenvalue weighted by molar-refractivity contribution is 8.00. The Labute approximate surface area is 126 Å². The van der Waals surface area contributed by atoms with Crippen LogP contribution in [-0.2, 0) is 9.53 Å². The first kappa shape index (κ1) is 19.7. The van der Waals surface area contributed by atoms with Crippen LogP contribution < -0.4 is 0 Å². The molecule has 0 saturated heterocycles. The number of thioether (sulfide) groups is 1. The van der Waals surface area contributed by atoms with Gasteiger partial charge < -0.3 is 4.74 Å². The minimum Gasteiger partial charge on any atom is -0.465 e. The third kappa shape index (κ3) is 9.56. The maximum Gasteiger partial charge on any atom is 0.319 e. The molecule has 0 aromatic carbocycles. The lowest BCUT2D eigenvalue weighted by Crippen LogP contribution is -2.21. The summed E-state index contributed by atoms with van der Waals surface area (Å²) >= 11 is 1.55. The van der Waals surface area contributed by atoms with E-state index in [4.69, 9.17) is 4.74 Å². The van der Waals surface area contributed by atoms with Crippen LogP contribution in [0.25, 0.3) is 0 Å². The summed E-state index contributed by atoms with van der Waals surface area (Å²) in [5.74, 6) is -1.95. The Morgan fingerprint density at radius 3 is 2.45 bits per heavy atom. The Balaban J connectivity index is 3.92. The number of hydrogen-bond donors (Lipinski definition) is 0. The van der Waals surface area contributed by atoms with Crippen molar-refractivity contribution in [1.29, 1.82) is 0 Å². The maximum atomic E-state index is 13.1. The number of halogens is 2. The van der Waals surface area contributed by atoms with Crippen LogP contribution >= 0.6 is 11.8 Å². The van der Waals surface area contributed by atoms with Crippen LogP contribution in [0.15, 0.2) is 0 Å². The molecule has 0 heterocycles. The van der Waals surface area contributed by atoms with Gasteiger partial charge in [-0.1, -0.05) is 26.7 Å². The SMILES string of the molecule is CCCCC(SCCCCC(F)(F)CC)C(=O)OCC. The number of carbonyl (C=O) groups excluding carboxylic acids is 1. The van der Waals surface area contributed by atoms with Crippen molar-refractivity contribution < 1.29 is 18.3 Å². The molecule has 1 unspecified atom stereocenters. The molecule has 0 radical (unpaired) electrons. The lowest BCUT2D eigenvalue weighted by molar-refractivity contribution is -0.142. The van der Waals surface area contributed by atoms with Crippen LogP contribution in [0, 0.1) is 0 Å². The molecule has 0 aliphatic rings. The summed E-state index contributed by atoms with van der Waals surface area (Å²) in [6.07, 6.45) is 3.93. The second-order valence-corrected chi connectivity index (χ2v) is 6.23. The predicted octanol–water partition coefficient (Wildman–Crippen LogP) is 5.06. The van der Waals surface area contributed by atoms with Crippen molar-refractivity contribution in [3.8, 4) is 0 Å². The topological polar surface area (TPSA) is 26.3 Å². The van der Waals surface area contributed by atoms with Crippen LogP contribution in [-0.4, -0.2) is 29.5 Å². The van der Waals surface area contributed by atoms with E-state index in [1.165, 1.54) is 6.92 Å². The molecule has 0 saturated carbocycles. The minimum atomic E-state index is -2.53. The number of esters is 1. The molecule has 0 aliphatic heterocycles. The minimum absolute atomic E-state index is 0.0525. The molecule has 2 nitrogen and oxygen atoms in total. The van der Waals surface area contributed by atoms with Crippen LogP contribution in [0.4, 0.5) is 8.78 Å². The van der Waals surface area contributed by atoms with Gasteiger partial charge in [0.25, 0.3) is 0 Å². The van der Waals surface area contributed by atoms with Gasteiger partial charge in [-0.3, -0.25) is 4.79 Å². The molecule has 0 spiro atoms. The third-order valence-corrected chi connectivity index (χ3v) is 4.50. The van der Waals surface area contributed by atoms with Gasteiger partial charge in [-0.2, -0.15) is 0 Å². The van der Waals surface area contributed by atoms with E-state index < -0.39 is 5.92 Å². The first-order chi connectivity index (χ1) is 9.46. The third-order valence-electron chi connectivity index (χ3n) is 3.14. The predicted molar refractivity (Wildman–Crippen MR) is 81.5 cm³/mol. The fourth-order valence-corrected chi connectivity index (χ4v) is 2.97. The summed E-state index contributed by atoms with van der Waals surface area (Å²) in [5, 5.41) is -0.137. The summed E-state index contributed by atoms with van der Waals surface area (Å²) in [5.41, 5.74) is 0. The molecular formula is C15H28F2O2S. The van der Waals surface area contributed by atoms with E-state index in [1.807, 2.05) is 0 Å². The summed E-state index contributed by atoms with van der Waals surface area (Å²) in [6, 6.07) is 0. The van der Waals surface area contributed by atoms with Crippen molar-refractivity contribution in [2.75, 3.05) is 12.4 Å². The molecule has 1 atom stereocenters. The fourth-order valence-electron chi connectivity index (χ4n) is 1.78. The van der Waals surface area contributed by atoms with Gasteiger partial charge in [0, 0.05) is 12.8 Å². The standard InChI is InChI=1S/C15H28F2O2S/c1-4-7-10-13(14(18)19-6-3)20-12-9-8-11-15(16,17)5-2/h13H,4-12H2,1-3H3. The van der Waals surface area contributed by atoms with Crippen LogP contribution in [0.1, 0.15) is 65.7 Å². The molecule has 0 aliphatic carbocycles. The van der Waals surface area contributed by atoms with Crippen LogP contribution in [0.3, 0.4) is 0 Å². The van der Waals surface area contributed by atoms with Gasteiger partial charge in [0.05, 0.1) is 6.61 Å². The zero-order valence-electron chi connectivity index (χ0n) is 12.9. The zero-order chi connectivity index (χ0) is 15.4. The number of carbonyl (C=O) groups is 1. The van der Waals surface area contributed by atoms with Gasteiger partial charge in [0.2, 0.25) is 5.92 Å². The molecule has 0 bridgehead atoms. The van der Waals surface area contributed by atoms with E-state index in [9.17, 15) is 13.6 Å². The first-order valence-electron chi connectivity index (χ1n) is 7.62. The molecule has 0 aromatic rings. The zero-order valence-corrected chi connectivity index (χ0v) is 13.7. The summed E-state index contributed by atoms with van der Waals surface area (Å²) in [7, 11) is 0. The van der Waals surface area contributed by atoms with Crippen LogP contribution in [0.5, 0.6) is 0 Å². The second kappa shape index (κ2) is 11.4. The normalized spacial score (nSPS) is 13.2. The summed E-state index contributed by atoms with van der Waals surface area (Å²) in [6.45, 7) is 5.78. The van der Waals surface area contributed by atoms with E-state index in [0.717, 1.165) is 31.4 Å². The first-order valence-corrected chi connectivity index (χ1v) is 8.67. The average Bonchev–Trinajstić information content (AvgIpc) is 2.42. The summed E-state index contributed by atoms with van der Waals surface area (Å²) in [4.78, 5) is 11.8. The van der Waals surface area contributed by atoms with Gasteiger partial charge in [-0.15, -0.1) is 11.8 Å². The van der Waals surface area contributed by atoms with E-state index in [1.54, 1.807) is 18.7 Å². The molecule has 0 amide bonds. The lowest BCUT2D eigenvalue weighted by atomic mass is 10.1. The smallest absolute Gasteiger partial charge is 0.319 e. The Morgan fingerprint density at radius 1 is 1.20 bits per heavy atom. The molecule has 5 heteroatoms. The van der Waals surface area contributed by atoms with Crippen molar-refractivity contribution >= 4 is 17.7 Å². The Bertz CT molecular complexity index is 260. The Kier molecular flexibility index (Phi) is 11.2. The molecule has 20 heavy (non-hydrogen) atoms. The van der Waals surface area contributed by atoms with Gasteiger partial charge in [0.15, 0.2) is 0 Å². The highest BCUT2D eigenvalue weighted by atomic mass is 32.2. The van der Waals surface area contributed by atoms with E-state index in [-0.39, 0.29) is 24.1 Å². The van der Waals surface area contributed by atoms with Crippen molar-refractivity contribution in [3.63, 3.8) is 0 Å². The van der Waals surface area contributed by atoms with Gasteiger partial charge >= 0.3 is 5.97 Å². The monoisotopic (exact) mass is 310 g/mol. The number of alkyl halides is 2. The Morgan fingerprint density at radius 2 is 1.90 bits per heavy atom. The van der Waals surface area contributed by atoms with E-state index in [2.05, 4.69) is 6.92 Å². The number of rotatable bonds is 12. The molecule has 0 fully saturated rings. The Hall–Kier alpha value is -0.320. The fraction of sp³-hybridized carbons (Fsp3) is 0.933. The van der Waals surface area contributed by atoms with Gasteiger partial charge in [-0.05, 0) is 31.9 Å². The summed E-state index contributed by atoms with van der Waals surface area (Å²) < 4.78 is 31.2. The molecule has 120 valence electrons. The van der Waals surface area contributed by atoms with Crippen molar-refractivity contribution in [2.45, 2.75) is 76.9 Å². The van der Waals surface area contributed by atoms with Gasteiger partial charge in [-0.25, -0.2) is 8.78 Å². The molecule has 0 N–H and O–H groups in total. The average molecular weight is 310 g/mol. The highest BCUT2D eigenvalue weighted by Gasteiger charge is 2.25. The van der Waals surface area contributed by atoms with Crippen LogP contribution in [0.2, 0.25) is 0 Å². The van der Waals surface area contributed by atoms with Crippen molar-refractivity contribution in [3.05, 3.63) is 0 Å². The largest absolute Gasteiger partial charge is 0.465 e. The lowest BCUT2D eigenvalue weighted by Gasteiger charge is -2.16. The number of hydrogen-bond acceptors (Lipinski definition) is 3. The van der Waals surface area contributed by atoms with E-state index >= 15 is 0 Å².